The predicted molar refractivity (Wildman–Crippen MR) is 115 cm³/mol. The third-order valence-electron chi connectivity index (χ3n) is 5.88. The highest BCUT2D eigenvalue weighted by atomic mass is 127. The van der Waals surface area contributed by atoms with Crippen molar-refractivity contribution in [3.63, 3.8) is 0 Å². The first kappa shape index (κ1) is 20.5. The number of rotatable bonds is 4. The van der Waals surface area contributed by atoms with E-state index >= 15 is 0 Å². The largest absolute Gasteiger partial charge is 0.357 e. The predicted octanol–water partition coefficient (Wildman–Crippen LogP) is 3.93. The zero-order chi connectivity index (χ0) is 17.0. The molecule has 1 aromatic heterocycles. The molecule has 2 heterocycles. The Hall–Kier alpha value is -0.790. The Kier molecular flexibility index (Phi) is 7.58. The van der Waals surface area contributed by atoms with Crippen molar-refractivity contribution in [1.29, 1.82) is 0 Å². The number of nitrogens with zero attached hydrogens (tertiary/aromatic N) is 4. The minimum Gasteiger partial charge on any atom is -0.357 e. The fraction of sp³-hybridized carbons (Fsp3) is 0.789. The quantitative estimate of drug-likeness (QED) is 0.422. The monoisotopic (exact) mass is 459 g/mol. The first-order valence-corrected chi connectivity index (χ1v) is 9.62. The number of nitrogens with one attached hydrogen (secondary N) is 1. The molecule has 5 nitrogen and oxygen atoms in total. The van der Waals surface area contributed by atoms with E-state index in [1.807, 2.05) is 12.5 Å². The Morgan fingerprint density at radius 2 is 2.12 bits per heavy atom. The molecule has 2 atom stereocenters. The molecule has 2 fully saturated rings. The van der Waals surface area contributed by atoms with E-state index in [1.165, 1.54) is 32.1 Å². The molecule has 25 heavy (non-hydrogen) atoms. The molecule has 1 saturated carbocycles. The van der Waals surface area contributed by atoms with Gasteiger partial charge in [0, 0.05) is 38.6 Å². The van der Waals surface area contributed by atoms with Crippen molar-refractivity contribution in [1.82, 2.24) is 19.8 Å². The van der Waals surface area contributed by atoms with Gasteiger partial charge in [-0.25, -0.2) is 4.98 Å². The van der Waals surface area contributed by atoms with Crippen LogP contribution in [0, 0.1) is 11.3 Å². The summed E-state index contributed by atoms with van der Waals surface area (Å²) < 4.78 is 2.26. The molecule has 0 amide bonds. The molecule has 1 aliphatic heterocycles. The first-order chi connectivity index (χ1) is 11.6. The van der Waals surface area contributed by atoms with Gasteiger partial charge in [0.25, 0.3) is 0 Å². The van der Waals surface area contributed by atoms with E-state index in [-0.39, 0.29) is 24.0 Å². The molecule has 3 rings (SSSR count). The van der Waals surface area contributed by atoms with Gasteiger partial charge in [-0.1, -0.05) is 26.7 Å². The van der Waals surface area contributed by atoms with Crippen molar-refractivity contribution in [2.45, 2.75) is 58.9 Å². The number of aromatic nitrogens is 2. The number of hydrogen-bond acceptors (Lipinski definition) is 2. The van der Waals surface area contributed by atoms with Crippen LogP contribution in [0.5, 0.6) is 0 Å². The number of aliphatic imine (C=N–C) groups is 1. The molecule has 1 aliphatic carbocycles. The number of imidazole rings is 1. The van der Waals surface area contributed by atoms with Gasteiger partial charge in [0.05, 0.1) is 12.4 Å². The second-order valence-corrected chi connectivity index (χ2v) is 7.98. The Balaban J connectivity index is 0.00000225. The Morgan fingerprint density at radius 1 is 1.36 bits per heavy atom. The molecule has 142 valence electrons. The maximum absolute atomic E-state index is 5.04. The molecule has 0 bridgehead atoms. The van der Waals surface area contributed by atoms with Crippen molar-refractivity contribution < 1.29 is 0 Å². The molecule has 0 radical (unpaired) electrons. The molecule has 0 aromatic carbocycles. The SMILES string of the molecule is CCNC(=NCC1(C)CCCC1)N1CCC(C)C(n2ccnc2)C1.I. The van der Waals surface area contributed by atoms with E-state index < -0.39 is 0 Å². The lowest BCUT2D eigenvalue weighted by Gasteiger charge is -2.39. The summed E-state index contributed by atoms with van der Waals surface area (Å²) in [6.45, 7) is 10.9. The summed E-state index contributed by atoms with van der Waals surface area (Å²) in [6, 6.07) is 0.479. The van der Waals surface area contributed by atoms with Crippen LogP contribution < -0.4 is 5.32 Å². The minimum absolute atomic E-state index is 0. The summed E-state index contributed by atoms with van der Waals surface area (Å²) in [5, 5.41) is 3.53. The molecule has 2 unspecified atom stereocenters. The van der Waals surface area contributed by atoms with Gasteiger partial charge >= 0.3 is 0 Å². The van der Waals surface area contributed by atoms with E-state index in [2.05, 4.69) is 46.7 Å². The molecular formula is C19H34IN5. The fourth-order valence-electron chi connectivity index (χ4n) is 4.17. The minimum atomic E-state index is 0. The molecule has 1 aromatic rings. The van der Waals surface area contributed by atoms with Gasteiger partial charge in [-0.2, -0.15) is 0 Å². The van der Waals surface area contributed by atoms with Crippen molar-refractivity contribution in [2.75, 3.05) is 26.2 Å². The molecular weight excluding hydrogens is 425 g/mol. The molecule has 6 heteroatoms. The lowest BCUT2D eigenvalue weighted by molar-refractivity contribution is 0.188. The molecule has 1 N–H and O–H groups in total. The summed E-state index contributed by atoms with van der Waals surface area (Å²) in [4.78, 5) is 11.7. The Bertz CT molecular complexity index is 536. The summed E-state index contributed by atoms with van der Waals surface area (Å²) in [5.74, 6) is 1.77. The maximum atomic E-state index is 5.04. The average Bonchev–Trinajstić information content (AvgIpc) is 3.24. The van der Waals surface area contributed by atoms with Crippen molar-refractivity contribution >= 4 is 29.9 Å². The number of likely N-dealkylation sites (tertiary alicyclic amines) is 1. The number of halogens is 1. The molecule has 2 aliphatic rings. The van der Waals surface area contributed by atoms with Crippen LogP contribution in [0.4, 0.5) is 0 Å². The van der Waals surface area contributed by atoms with Crippen molar-refractivity contribution in [2.24, 2.45) is 16.3 Å². The molecule has 1 saturated heterocycles. The Labute approximate surface area is 169 Å². The number of piperidine rings is 1. The van der Waals surface area contributed by atoms with E-state index in [0.29, 0.717) is 17.4 Å². The highest BCUT2D eigenvalue weighted by molar-refractivity contribution is 14.0. The highest BCUT2D eigenvalue weighted by Gasteiger charge is 2.31. The fourth-order valence-corrected chi connectivity index (χ4v) is 4.17. The van der Waals surface area contributed by atoms with Gasteiger partial charge in [0.1, 0.15) is 0 Å². The van der Waals surface area contributed by atoms with Gasteiger partial charge in [0.2, 0.25) is 0 Å². The smallest absolute Gasteiger partial charge is 0.194 e. The van der Waals surface area contributed by atoms with Crippen LogP contribution >= 0.6 is 24.0 Å². The maximum Gasteiger partial charge on any atom is 0.194 e. The lowest BCUT2D eigenvalue weighted by Crippen LogP contribution is -2.49. The van der Waals surface area contributed by atoms with Crippen LogP contribution in [-0.2, 0) is 0 Å². The third-order valence-corrected chi connectivity index (χ3v) is 5.88. The molecule has 0 spiro atoms. The van der Waals surface area contributed by atoms with Crippen LogP contribution in [0.15, 0.2) is 23.7 Å². The van der Waals surface area contributed by atoms with Crippen LogP contribution in [0.3, 0.4) is 0 Å². The van der Waals surface area contributed by atoms with Crippen LogP contribution in [0.2, 0.25) is 0 Å². The zero-order valence-electron chi connectivity index (χ0n) is 15.9. The van der Waals surface area contributed by atoms with Crippen LogP contribution in [0.1, 0.15) is 58.9 Å². The first-order valence-electron chi connectivity index (χ1n) is 9.62. The van der Waals surface area contributed by atoms with E-state index in [4.69, 9.17) is 4.99 Å². The normalized spacial score (nSPS) is 26.4. The van der Waals surface area contributed by atoms with Crippen molar-refractivity contribution in [3.05, 3.63) is 18.7 Å². The topological polar surface area (TPSA) is 45.5 Å². The van der Waals surface area contributed by atoms with E-state index in [1.54, 1.807) is 0 Å². The van der Waals surface area contributed by atoms with E-state index in [0.717, 1.165) is 32.1 Å². The summed E-state index contributed by atoms with van der Waals surface area (Å²) in [7, 11) is 0. The number of guanidine groups is 1. The van der Waals surface area contributed by atoms with E-state index in [9.17, 15) is 0 Å². The average molecular weight is 459 g/mol. The van der Waals surface area contributed by atoms with Gasteiger partial charge in [-0.05, 0) is 37.5 Å². The van der Waals surface area contributed by atoms with Crippen molar-refractivity contribution in [3.8, 4) is 0 Å². The highest BCUT2D eigenvalue weighted by Crippen LogP contribution is 2.37. The van der Waals surface area contributed by atoms with Gasteiger partial charge in [0.15, 0.2) is 5.96 Å². The summed E-state index contributed by atoms with van der Waals surface area (Å²) in [5.41, 5.74) is 0.410. The summed E-state index contributed by atoms with van der Waals surface area (Å²) in [6.07, 6.45) is 12.5. The van der Waals surface area contributed by atoms with Gasteiger partial charge < -0.3 is 14.8 Å². The lowest BCUT2D eigenvalue weighted by atomic mass is 9.89. The second-order valence-electron chi connectivity index (χ2n) is 7.98. The van der Waals surface area contributed by atoms with Crippen LogP contribution in [0.25, 0.3) is 0 Å². The van der Waals surface area contributed by atoms with Gasteiger partial charge in [-0.3, -0.25) is 4.99 Å². The third kappa shape index (κ3) is 5.11. The standard InChI is InChI=1S/C19H33N5.HI/c1-4-21-18(22-14-19(3)8-5-6-9-19)23-11-7-16(2)17(13-23)24-12-10-20-15-24;/h10,12,15-17H,4-9,11,13-14H2,1-3H3,(H,21,22);1H. The number of hydrogen-bond donors (Lipinski definition) is 1. The zero-order valence-corrected chi connectivity index (χ0v) is 18.3. The van der Waals surface area contributed by atoms with Crippen LogP contribution in [-0.4, -0.2) is 46.6 Å². The Morgan fingerprint density at radius 3 is 2.76 bits per heavy atom. The van der Waals surface area contributed by atoms with Gasteiger partial charge in [-0.15, -0.1) is 24.0 Å². The second kappa shape index (κ2) is 9.24. The summed E-state index contributed by atoms with van der Waals surface area (Å²) >= 11 is 0.